The summed E-state index contributed by atoms with van der Waals surface area (Å²) in [4.78, 5) is 14.0. The van der Waals surface area contributed by atoms with Crippen LogP contribution in [-0.2, 0) is 0 Å². The van der Waals surface area contributed by atoms with Gasteiger partial charge in [-0.3, -0.25) is 4.79 Å². The molecule has 1 amide bonds. The lowest BCUT2D eigenvalue weighted by Gasteiger charge is -2.29. The fourth-order valence-electron chi connectivity index (χ4n) is 2.56. The molecule has 2 aromatic rings. The third kappa shape index (κ3) is 2.95. The number of aromatic nitrogens is 3. The molecule has 0 aliphatic carbocycles. The summed E-state index contributed by atoms with van der Waals surface area (Å²) in [6.45, 7) is 3.03. The molecule has 0 saturated carbocycles. The Labute approximate surface area is 123 Å². The van der Waals surface area contributed by atoms with E-state index in [1.165, 1.54) is 0 Å². The lowest BCUT2D eigenvalue weighted by Crippen LogP contribution is -2.42. The summed E-state index contributed by atoms with van der Waals surface area (Å²) in [5.41, 5.74) is 2.31. The predicted molar refractivity (Wildman–Crippen MR) is 77.2 cm³/mol. The highest BCUT2D eigenvalue weighted by Gasteiger charge is 2.25. The first-order chi connectivity index (χ1) is 10.1. The van der Waals surface area contributed by atoms with Gasteiger partial charge in [-0.25, -0.2) is 4.68 Å². The molecule has 1 aliphatic rings. The fourth-order valence-corrected chi connectivity index (χ4v) is 2.56. The van der Waals surface area contributed by atoms with Crippen LogP contribution in [-0.4, -0.2) is 50.1 Å². The number of aryl methyl sites for hydroxylation is 1. The van der Waals surface area contributed by atoms with Crippen LogP contribution >= 0.6 is 0 Å². The van der Waals surface area contributed by atoms with E-state index in [1.54, 1.807) is 15.8 Å². The number of carbonyl (C=O) groups is 1. The Bertz CT molecular complexity index is 653. The first kappa shape index (κ1) is 13.8. The van der Waals surface area contributed by atoms with E-state index >= 15 is 0 Å². The molecule has 2 heterocycles. The second-order valence-electron chi connectivity index (χ2n) is 5.43. The molecular formula is C15H18N4O2. The first-order valence-electron chi connectivity index (χ1n) is 7.10. The molecule has 1 saturated heterocycles. The molecule has 0 bridgehead atoms. The lowest BCUT2D eigenvalue weighted by atomic mass is 10.1. The van der Waals surface area contributed by atoms with Gasteiger partial charge in [0, 0.05) is 13.1 Å². The molecule has 3 rings (SSSR count). The van der Waals surface area contributed by atoms with Crippen LogP contribution < -0.4 is 0 Å². The minimum absolute atomic E-state index is 0.173. The average molecular weight is 286 g/mol. The molecule has 0 spiro atoms. The van der Waals surface area contributed by atoms with Crippen LogP contribution in [0.1, 0.15) is 28.9 Å². The number of hydrogen-bond donors (Lipinski definition) is 1. The number of likely N-dealkylation sites (tertiary alicyclic amines) is 1. The van der Waals surface area contributed by atoms with Crippen molar-refractivity contribution in [2.75, 3.05) is 13.1 Å². The van der Waals surface area contributed by atoms with Crippen molar-refractivity contribution in [3.63, 3.8) is 0 Å². The molecule has 1 aromatic carbocycles. The van der Waals surface area contributed by atoms with E-state index in [4.69, 9.17) is 0 Å². The van der Waals surface area contributed by atoms with Crippen LogP contribution in [0.5, 0.6) is 0 Å². The zero-order valence-corrected chi connectivity index (χ0v) is 11.9. The highest BCUT2D eigenvalue weighted by molar-refractivity contribution is 5.92. The van der Waals surface area contributed by atoms with Gasteiger partial charge in [0.25, 0.3) is 5.91 Å². The van der Waals surface area contributed by atoms with Gasteiger partial charge in [0.05, 0.1) is 18.0 Å². The maximum Gasteiger partial charge on any atom is 0.276 e. The molecule has 1 atom stereocenters. The molecule has 1 unspecified atom stereocenters. The standard InChI is InChI=1S/C15H18N4O2/c1-11-4-2-5-12(8-11)19-10-14(16-17-19)15(21)18-7-3-6-13(20)9-18/h2,4-5,8,10,13,20H,3,6-7,9H2,1H3. The van der Waals surface area contributed by atoms with E-state index in [9.17, 15) is 9.90 Å². The summed E-state index contributed by atoms with van der Waals surface area (Å²) in [7, 11) is 0. The minimum Gasteiger partial charge on any atom is -0.391 e. The largest absolute Gasteiger partial charge is 0.391 e. The van der Waals surface area contributed by atoms with Crippen molar-refractivity contribution in [1.29, 1.82) is 0 Å². The number of piperidine rings is 1. The second-order valence-corrected chi connectivity index (χ2v) is 5.43. The van der Waals surface area contributed by atoms with Gasteiger partial charge in [-0.15, -0.1) is 5.10 Å². The van der Waals surface area contributed by atoms with Gasteiger partial charge >= 0.3 is 0 Å². The number of rotatable bonds is 2. The van der Waals surface area contributed by atoms with Crippen LogP contribution in [0, 0.1) is 6.92 Å². The van der Waals surface area contributed by atoms with Crippen LogP contribution in [0.4, 0.5) is 0 Å². The van der Waals surface area contributed by atoms with Gasteiger partial charge in [0.1, 0.15) is 0 Å². The monoisotopic (exact) mass is 286 g/mol. The molecule has 21 heavy (non-hydrogen) atoms. The summed E-state index contributed by atoms with van der Waals surface area (Å²) in [5, 5.41) is 17.6. The maximum absolute atomic E-state index is 12.4. The molecule has 0 radical (unpaired) electrons. The maximum atomic E-state index is 12.4. The summed E-state index contributed by atoms with van der Waals surface area (Å²) in [6, 6.07) is 7.84. The zero-order valence-electron chi connectivity index (χ0n) is 11.9. The van der Waals surface area contributed by atoms with Crippen LogP contribution in [0.2, 0.25) is 0 Å². The quantitative estimate of drug-likeness (QED) is 0.899. The van der Waals surface area contributed by atoms with Crippen LogP contribution in [0.25, 0.3) is 5.69 Å². The second kappa shape index (κ2) is 5.65. The van der Waals surface area contributed by atoms with E-state index in [1.807, 2.05) is 31.2 Å². The molecule has 1 fully saturated rings. The Kier molecular flexibility index (Phi) is 3.70. The van der Waals surface area contributed by atoms with Gasteiger partial charge < -0.3 is 10.0 Å². The van der Waals surface area contributed by atoms with E-state index in [0.29, 0.717) is 18.8 Å². The van der Waals surface area contributed by atoms with E-state index in [2.05, 4.69) is 10.3 Å². The topological polar surface area (TPSA) is 71.2 Å². The number of benzene rings is 1. The third-order valence-corrected chi connectivity index (χ3v) is 3.66. The number of carbonyl (C=O) groups excluding carboxylic acids is 1. The van der Waals surface area contributed by atoms with E-state index in [-0.39, 0.29) is 5.91 Å². The van der Waals surface area contributed by atoms with E-state index in [0.717, 1.165) is 24.1 Å². The van der Waals surface area contributed by atoms with Crippen molar-refractivity contribution >= 4 is 5.91 Å². The number of β-amino-alcohol motifs (C(OH)–C–C–N with tert-alkyl or cyclic N) is 1. The number of hydrogen-bond acceptors (Lipinski definition) is 4. The Morgan fingerprint density at radius 3 is 3.05 bits per heavy atom. The van der Waals surface area contributed by atoms with Crippen LogP contribution in [0.15, 0.2) is 30.5 Å². The summed E-state index contributed by atoms with van der Waals surface area (Å²) in [5.74, 6) is -0.173. The normalized spacial score (nSPS) is 18.8. The van der Waals surface area contributed by atoms with Gasteiger partial charge in [0.15, 0.2) is 5.69 Å². The molecule has 6 heteroatoms. The van der Waals surface area contributed by atoms with Crippen LogP contribution in [0.3, 0.4) is 0 Å². The summed E-state index contributed by atoms with van der Waals surface area (Å²) in [6.07, 6.45) is 2.77. The number of aliphatic hydroxyl groups is 1. The Morgan fingerprint density at radius 2 is 2.29 bits per heavy atom. The highest BCUT2D eigenvalue weighted by Crippen LogP contribution is 2.14. The minimum atomic E-state index is -0.436. The number of aliphatic hydroxyl groups excluding tert-OH is 1. The molecule has 1 aromatic heterocycles. The SMILES string of the molecule is Cc1cccc(-n2cc(C(=O)N3CCCC(O)C3)nn2)c1. The molecule has 1 aliphatic heterocycles. The molecular weight excluding hydrogens is 268 g/mol. The lowest BCUT2D eigenvalue weighted by molar-refractivity contribution is 0.0469. The third-order valence-electron chi connectivity index (χ3n) is 3.66. The van der Waals surface area contributed by atoms with Gasteiger partial charge in [0.2, 0.25) is 0 Å². The van der Waals surface area contributed by atoms with Crippen molar-refractivity contribution in [3.05, 3.63) is 41.7 Å². The predicted octanol–water partition coefficient (Wildman–Crippen LogP) is 1.17. The van der Waals surface area contributed by atoms with Crippen molar-refractivity contribution in [2.24, 2.45) is 0 Å². The van der Waals surface area contributed by atoms with Gasteiger partial charge in [-0.1, -0.05) is 17.3 Å². The number of amides is 1. The highest BCUT2D eigenvalue weighted by atomic mass is 16.3. The van der Waals surface area contributed by atoms with Crippen molar-refractivity contribution in [1.82, 2.24) is 19.9 Å². The molecule has 110 valence electrons. The Balaban J connectivity index is 1.80. The van der Waals surface area contributed by atoms with Crippen molar-refractivity contribution < 1.29 is 9.90 Å². The van der Waals surface area contributed by atoms with Gasteiger partial charge in [-0.05, 0) is 37.5 Å². The molecule has 1 N–H and O–H groups in total. The fraction of sp³-hybridized carbons (Fsp3) is 0.400. The Morgan fingerprint density at radius 1 is 1.43 bits per heavy atom. The van der Waals surface area contributed by atoms with E-state index < -0.39 is 6.10 Å². The van der Waals surface area contributed by atoms with Crippen molar-refractivity contribution in [2.45, 2.75) is 25.9 Å². The van der Waals surface area contributed by atoms with Gasteiger partial charge in [-0.2, -0.15) is 0 Å². The zero-order chi connectivity index (χ0) is 14.8. The number of nitrogens with zero attached hydrogens (tertiary/aromatic N) is 4. The summed E-state index contributed by atoms with van der Waals surface area (Å²) < 4.78 is 1.60. The van der Waals surface area contributed by atoms with Crippen molar-refractivity contribution in [3.8, 4) is 5.69 Å². The molecule has 6 nitrogen and oxygen atoms in total. The summed E-state index contributed by atoms with van der Waals surface area (Å²) >= 11 is 0. The average Bonchev–Trinajstić information content (AvgIpc) is 2.96. The Hall–Kier alpha value is -2.21. The first-order valence-corrected chi connectivity index (χ1v) is 7.10. The smallest absolute Gasteiger partial charge is 0.276 e.